The monoisotopic (exact) mass is 356 g/mol. The molecule has 6 nitrogen and oxygen atoms in total. The Hall–Kier alpha value is -2.60. The van der Waals surface area contributed by atoms with Crippen molar-refractivity contribution in [2.75, 3.05) is 26.2 Å². The van der Waals surface area contributed by atoms with E-state index < -0.39 is 4.92 Å². The smallest absolute Gasteiger partial charge is 0.314 e. The number of hydrogen-bond donors (Lipinski definition) is 0. The Bertz CT molecular complexity index is 715. The molecule has 0 spiro atoms. The molecule has 1 saturated heterocycles. The molecule has 0 amide bonds. The number of piperidine rings is 1. The van der Waals surface area contributed by atoms with Crippen LogP contribution in [0.5, 0.6) is 11.5 Å². The van der Waals surface area contributed by atoms with Crippen molar-refractivity contribution < 1.29 is 14.4 Å². The molecule has 0 aromatic heterocycles. The summed E-state index contributed by atoms with van der Waals surface area (Å²) in [7, 11) is 0. The van der Waals surface area contributed by atoms with Gasteiger partial charge in [-0.05, 0) is 43.6 Å². The molecule has 1 aliphatic rings. The van der Waals surface area contributed by atoms with Crippen LogP contribution in [-0.2, 0) is 6.61 Å². The molecule has 0 atom stereocenters. The van der Waals surface area contributed by atoms with Gasteiger partial charge in [0.2, 0.25) is 0 Å². The van der Waals surface area contributed by atoms with Crippen molar-refractivity contribution in [3.8, 4) is 11.5 Å². The summed E-state index contributed by atoms with van der Waals surface area (Å²) >= 11 is 0. The Kier molecular flexibility index (Phi) is 6.44. The van der Waals surface area contributed by atoms with Crippen molar-refractivity contribution in [3.05, 3.63) is 64.2 Å². The largest absolute Gasteiger partial charge is 0.492 e. The number of nitro benzene ring substituents is 1. The second-order valence-electron chi connectivity index (χ2n) is 6.41. The molecule has 3 rings (SSSR count). The van der Waals surface area contributed by atoms with E-state index in [1.54, 1.807) is 12.1 Å². The highest BCUT2D eigenvalue weighted by Gasteiger charge is 2.17. The Balaban J connectivity index is 1.58. The first-order chi connectivity index (χ1) is 12.7. The van der Waals surface area contributed by atoms with Gasteiger partial charge in [0.25, 0.3) is 0 Å². The van der Waals surface area contributed by atoms with Gasteiger partial charge in [-0.15, -0.1) is 0 Å². The van der Waals surface area contributed by atoms with Gasteiger partial charge >= 0.3 is 5.69 Å². The van der Waals surface area contributed by atoms with E-state index in [1.807, 2.05) is 30.3 Å². The molecule has 1 aliphatic heterocycles. The van der Waals surface area contributed by atoms with Gasteiger partial charge in [0, 0.05) is 6.54 Å². The van der Waals surface area contributed by atoms with Gasteiger partial charge in [-0.25, -0.2) is 0 Å². The number of benzene rings is 2. The number of nitro groups is 1. The van der Waals surface area contributed by atoms with E-state index in [4.69, 9.17) is 9.47 Å². The first kappa shape index (κ1) is 18.2. The fourth-order valence-electron chi connectivity index (χ4n) is 3.06. The van der Waals surface area contributed by atoms with Crippen molar-refractivity contribution in [2.24, 2.45) is 0 Å². The zero-order valence-corrected chi connectivity index (χ0v) is 14.8. The average Bonchev–Trinajstić information content (AvgIpc) is 2.68. The predicted molar refractivity (Wildman–Crippen MR) is 99.7 cm³/mol. The van der Waals surface area contributed by atoms with Crippen LogP contribution in [-0.4, -0.2) is 36.1 Å². The Morgan fingerprint density at radius 3 is 2.50 bits per heavy atom. The third-order valence-electron chi connectivity index (χ3n) is 4.49. The molecule has 2 aromatic carbocycles. The summed E-state index contributed by atoms with van der Waals surface area (Å²) in [4.78, 5) is 13.3. The van der Waals surface area contributed by atoms with Gasteiger partial charge < -0.3 is 9.47 Å². The topological polar surface area (TPSA) is 64.8 Å². The van der Waals surface area contributed by atoms with Crippen molar-refractivity contribution >= 4 is 5.69 Å². The third kappa shape index (κ3) is 5.20. The zero-order chi connectivity index (χ0) is 18.2. The van der Waals surface area contributed by atoms with Crippen LogP contribution in [0.25, 0.3) is 0 Å². The molecule has 0 saturated carbocycles. The van der Waals surface area contributed by atoms with E-state index >= 15 is 0 Å². The number of rotatable bonds is 8. The standard InChI is InChI=1S/C20H24N2O4/c23-22(24)19-15-18(25-14-13-21-11-5-2-6-12-21)9-10-20(19)26-16-17-7-3-1-4-8-17/h1,3-4,7-10,15H,2,5-6,11-14,16H2. The summed E-state index contributed by atoms with van der Waals surface area (Å²) in [5.74, 6) is 0.753. The van der Waals surface area contributed by atoms with Gasteiger partial charge in [-0.2, -0.15) is 0 Å². The molecular weight excluding hydrogens is 332 g/mol. The Morgan fingerprint density at radius 2 is 1.77 bits per heavy atom. The minimum Gasteiger partial charge on any atom is -0.492 e. The lowest BCUT2D eigenvalue weighted by atomic mass is 10.1. The first-order valence-electron chi connectivity index (χ1n) is 9.03. The highest BCUT2D eigenvalue weighted by atomic mass is 16.6. The first-order valence-corrected chi connectivity index (χ1v) is 9.03. The van der Waals surface area contributed by atoms with E-state index in [1.165, 1.54) is 25.3 Å². The minimum absolute atomic E-state index is 0.0728. The molecular formula is C20H24N2O4. The summed E-state index contributed by atoms with van der Waals surface area (Å²) in [5.41, 5.74) is 0.889. The van der Waals surface area contributed by atoms with Crippen LogP contribution in [0.15, 0.2) is 48.5 Å². The lowest BCUT2D eigenvalue weighted by Gasteiger charge is -2.26. The van der Waals surface area contributed by atoms with Crippen molar-refractivity contribution in [2.45, 2.75) is 25.9 Å². The van der Waals surface area contributed by atoms with Crippen LogP contribution < -0.4 is 9.47 Å². The third-order valence-corrected chi connectivity index (χ3v) is 4.49. The van der Waals surface area contributed by atoms with E-state index in [-0.39, 0.29) is 18.0 Å². The summed E-state index contributed by atoms with van der Waals surface area (Å²) in [6.07, 6.45) is 3.77. The Morgan fingerprint density at radius 1 is 1.00 bits per heavy atom. The van der Waals surface area contributed by atoms with E-state index in [2.05, 4.69) is 4.90 Å². The molecule has 0 aliphatic carbocycles. The lowest BCUT2D eigenvalue weighted by molar-refractivity contribution is -0.386. The minimum atomic E-state index is -0.433. The van der Waals surface area contributed by atoms with Crippen LogP contribution in [0.1, 0.15) is 24.8 Å². The molecule has 2 aromatic rings. The van der Waals surface area contributed by atoms with Crippen molar-refractivity contribution in [3.63, 3.8) is 0 Å². The summed E-state index contributed by atoms with van der Waals surface area (Å²) in [6.45, 7) is 3.88. The van der Waals surface area contributed by atoms with Crippen LogP contribution in [0, 0.1) is 10.1 Å². The van der Waals surface area contributed by atoms with Crippen LogP contribution >= 0.6 is 0 Å². The second-order valence-corrected chi connectivity index (χ2v) is 6.41. The highest BCUT2D eigenvalue weighted by Crippen LogP contribution is 2.31. The quantitative estimate of drug-likeness (QED) is 0.528. The SMILES string of the molecule is O=[N+]([O-])c1cc(OCCN2CCCCC2)ccc1OCc1ccccc1. The molecule has 0 unspecified atom stereocenters. The number of likely N-dealkylation sites (tertiary alicyclic amines) is 1. The number of ether oxygens (including phenoxy) is 2. The molecule has 0 radical (unpaired) electrons. The van der Waals surface area contributed by atoms with Gasteiger partial charge in [0.15, 0.2) is 5.75 Å². The molecule has 0 N–H and O–H groups in total. The lowest BCUT2D eigenvalue weighted by Crippen LogP contribution is -2.33. The van der Waals surface area contributed by atoms with Crippen molar-refractivity contribution in [1.82, 2.24) is 4.90 Å². The maximum absolute atomic E-state index is 11.4. The van der Waals surface area contributed by atoms with Gasteiger partial charge in [0.05, 0.1) is 11.0 Å². The molecule has 26 heavy (non-hydrogen) atoms. The van der Waals surface area contributed by atoms with Crippen LogP contribution in [0.2, 0.25) is 0 Å². The second kappa shape index (κ2) is 9.20. The zero-order valence-electron chi connectivity index (χ0n) is 14.8. The maximum Gasteiger partial charge on any atom is 0.314 e. The normalized spacial score (nSPS) is 14.8. The van der Waals surface area contributed by atoms with Crippen LogP contribution in [0.3, 0.4) is 0 Å². The number of nitrogens with zero attached hydrogens (tertiary/aromatic N) is 2. The fourth-order valence-corrected chi connectivity index (χ4v) is 3.06. The van der Waals surface area contributed by atoms with Crippen molar-refractivity contribution in [1.29, 1.82) is 0 Å². The molecule has 1 fully saturated rings. The Labute approximate surface area is 153 Å². The molecule has 0 bridgehead atoms. The van der Waals surface area contributed by atoms with E-state index in [9.17, 15) is 10.1 Å². The predicted octanol–water partition coefficient (Wildman–Crippen LogP) is 4.04. The fraction of sp³-hybridized carbons (Fsp3) is 0.400. The molecule has 1 heterocycles. The summed E-state index contributed by atoms with van der Waals surface area (Å²) in [6, 6.07) is 14.4. The van der Waals surface area contributed by atoms with Crippen LogP contribution in [0.4, 0.5) is 5.69 Å². The van der Waals surface area contributed by atoms with Gasteiger partial charge in [0.1, 0.15) is 19.0 Å². The molecule has 6 heteroatoms. The summed E-state index contributed by atoms with van der Waals surface area (Å²) in [5, 5.41) is 11.4. The number of hydrogen-bond acceptors (Lipinski definition) is 5. The average molecular weight is 356 g/mol. The highest BCUT2D eigenvalue weighted by molar-refractivity contribution is 5.51. The maximum atomic E-state index is 11.4. The molecule has 138 valence electrons. The van der Waals surface area contributed by atoms with E-state index in [0.29, 0.717) is 12.4 Å². The van der Waals surface area contributed by atoms with E-state index in [0.717, 1.165) is 25.2 Å². The van der Waals surface area contributed by atoms with Gasteiger partial charge in [-0.1, -0.05) is 36.8 Å². The van der Waals surface area contributed by atoms with Gasteiger partial charge in [-0.3, -0.25) is 15.0 Å². The summed E-state index contributed by atoms with van der Waals surface area (Å²) < 4.78 is 11.3.